The fourth-order valence-corrected chi connectivity index (χ4v) is 4.11. The normalized spacial score (nSPS) is 23.6. The van der Waals surface area contributed by atoms with Gasteiger partial charge in [-0.1, -0.05) is 0 Å². The summed E-state index contributed by atoms with van der Waals surface area (Å²) in [6.45, 7) is 6.69. The molecule has 25 heavy (non-hydrogen) atoms. The van der Waals surface area contributed by atoms with Gasteiger partial charge in [-0.05, 0) is 37.8 Å². The van der Waals surface area contributed by atoms with Gasteiger partial charge in [0.1, 0.15) is 0 Å². The third kappa shape index (κ3) is 3.44. The second-order valence-electron chi connectivity index (χ2n) is 7.18. The molecule has 3 aliphatic heterocycles. The maximum Gasteiger partial charge on any atom is 0.254 e. The lowest BCUT2D eigenvalue weighted by Gasteiger charge is -2.35. The first-order valence-electron chi connectivity index (χ1n) is 9.17. The molecule has 0 radical (unpaired) electrons. The van der Waals surface area contributed by atoms with Gasteiger partial charge in [-0.3, -0.25) is 19.4 Å². The molecule has 0 aromatic carbocycles. The van der Waals surface area contributed by atoms with E-state index in [1.165, 1.54) is 18.4 Å². The Morgan fingerprint density at radius 3 is 2.80 bits per heavy atom. The number of carbonyl (C=O) groups is 1. The van der Waals surface area contributed by atoms with Crippen molar-refractivity contribution in [2.75, 3.05) is 19.6 Å². The van der Waals surface area contributed by atoms with Gasteiger partial charge < -0.3 is 4.90 Å². The van der Waals surface area contributed by atoms with E-state index in [-0.39, 0.29) is 5.91 Å². The first-order chi connectivity index (χ1) is 12.2. The van der Waals surface area contributed by atoms with E-state index in [4.69, 9.17) is 0 Å². The highest BCUT2D eigenvalue weighted by Gasteiger charge is 2.36. The number of rotatable bonds is 4. The van der Waals surface area contributed by atoms with Crippen LogP contribution in [0.5, 0.6) is 0 Å². The van der Waals surface area contributed by atoms with Crippen LogP contribution in [0.1, 0.15) is 35.7 Å². The van der Waals surface area contributed by atoms with Crippen molar-refractivity contribution in [1.29, 1.82) is 0 Å². The van der Waals surface area contributed by atoms with Crippen LogP contribution in [0, 0.1) is 5.92 Å². The minimum atomic E-state index is 0.139. The van der Waals surface area contributed by atoms with Gasteiger partial charge in [-0.2, -0.15) is 5.10 Å². The van der Waals surface area contributed by atoms with Gasteiger partial charge in [0, 0.05) is 68.5 Å². The van der Waals surface area contributed by atoms with Crippen molar-refractivity contribution >= 4 is 5.91 Å². The number of hydrogen-bond donors (Lipinski definition) is 0. The molecule has 2 atom stereocenters. The smallest absolute Gasteiger partial charge is 0.254 e. The molecule has 2 bridgehead atoms. The second-order valence-corrected chi connectivity index (χ2v) is 7.18. The summed E-state index contributed by atoms with van der Waals surface area (Å²) >= 11 is 0. The summed E-state index contributed by atoms with van der Waals surface area (Å²) in [4.78, 5) is 21.5. The van der Waals surface area contributed by atoms with Crippen molar-refractivity contribution < 1.29 is 4.79 Å². The molecule has 5 heterocycles. The number of pyridine rings is 1. The average Bonchev–Trinajstić information content (AvgIpc) is 2.91. The summed E-state index contributed by atoms with van der Waals surface area (Å²) in [5.41, 5.74) is 2.01. The molecule has 0 spiro atoms. The molecule has 5 rings (SSSR count). The molecule has 3 aliphatic rings. The minimum absolute atomic E-state index is 0.139. The highest BCUT2D eigenvalue weighted by molar-refractivity contribution is 5.94. The van der Waals surface area contributed by atoms with Gasteiger partial charge in [-0.25, -0.2) is 0 Å². The number of aryl methyl sites for hydroxylation is 1. The molecule has 0 N–H and O–H groups in total. The molecule has 2 aromatic rings. The number of hydrogen-bond acceptors (Lipinski definition) is 4. The fraction of sp³-hybridized carbons (Fsp3) is 0.526. The van der Waals surface area contributed by atoms with E-state index in [1.54, 1.807) is 12.4 Å². The largest absolute Gasteiger partial charge is 0.337 e. The summed E-state index contributed by atoms with van der Waals surface area (Å²) in [5.74, 6) is 0.700. The number of fused-ring (bicyclic) bond motifs is 4. The molecule has 1 amide bonds. The Balaban J connectivity index is 1.47. The van der Waals surface area contributed by atoms with Gasteiger partial charge in [0.15, 0.2) is 0 Å². The topological polar surface area (TPSA) is 54.3 Å². The van der Waals surface area contributed by atoms with E-state index in [1.807, 2.05) is 27.9 Å². The van der Waals surface area contributed by atoms with Crippen LogP contribution in [0.2, 0.25) is 0 Å². The first kappa shape index (κ1) is 16.3. The van der Waals surface area contributed by atoms with E-state index in [2.05, 4.69) is 28.1 Å². The Kier molecular flexibility index (Phi) is 4.53. The lowest BCUT2D eigenvalue weighted by Crippen LogP contribution is -2.43. The molecular formula is C19H25N5O. The number of carbonyl (C=O) groups excluding carboxylic acids is 1. The predicted octanol–water partition coefficient (Wildman–Crippen LogP) is 2.03. The van der Waals surface area contributed by atoms with E-state index in [0.717, 1.165) is 38.3 Å². The Hall–Kier alpha value is -2.21. The monoisotopic (exact) mass is 339 g/mol. The number of aromatic nitrogens is 3. The lowest BCUT2D eigenvalue weighted by atomic mass is 9.95. The zero-order valence-corrected chi connectivity index (χ0v) is 14.7. The highest BCUT2D eigenvalue weighted by atomic mass is 16.2. The average molecular weight is 339 g/mol. The molecule has 0 saturated carbocycles. The van der Waals surface area contributed by atoms with Crippen LogP contribution in [0.3, 0.4) is 0 Å². The minimum Gasteiger partial charge on any atom is -0.337 e. The van der Waals surface area contributed by atoms with E-state index < -0.39 is 0 Å². The molecular weight excluding hydrogens is 314 g/mol. The third-order valence-electron chi connectivity index (χ3n) is 5.44. The summed E-state index contributed by atoms with van der Waals surface area (Å²) in [6, 6.07) is 4.06. The van der Waals surface area contributed by atoms with Crippen molar-refractivity contribution in [1.82, 2.24) is 24.6 Å². The quantitative estimate of drug-likeness (QED) is 0.855. The first-order valence-corrected chi connectivity index (χ1v) is 9.17. The molecule has 0 unspecified atom stereocenters. The Labute approximate surface area is 148 Å². The summed E-state index contributed by atoms with van der Waals surface area (Å²) in [7, 11) is 0. The van der Waals surface area contributed by atoms with Crippen molar-refractivity contribution in [3.8, 4) is 0 Å². The van der Waals surface area contributed by atoms with Crippen LogP contribution in [0.4, 0.5) is 0 Å². The van der Waals surface area contributed by atoms with Crippen molar-refractivity contribution in [2.24, 2.45) is 5.92 Å². The number of piperidine rings is 1. The highest BCUT2D eigenvalue weighted by Crippen LogP contribution is 2.29. The summed E-state index contributed by atoms with van der Waals surface area (Å²) in [6.07, 6.45) is 9.89. The van der Waals surface area contributed by atoms with Crippen LogP contribution in [-0.2, 0) is 13.1 Å². The molecule has 0 aliphatic carbocycles. The van der Waals surface area contributed by atoms with Gasteiger partial charge in [-0.15, -0.1) is 0 Å². The molecule has 3 fully saturated rings. The standard InChI is InChI=1S/C19H25N5O/c1-2-24-13-16(9-21-24)12-22-10-15-3-4-18(22)14-23(11-15)19(25)17-5-7-20-8-6-17/h5-9,13,15,18H,2-4,10-12,14H2,1H3/t15-,18-/m1/s1. The Bertz CT molecular complexity index is 728. The van der Waals surface area contributed by atoms with Crippen molar-refractivity contribution in [2.45, 2.75) is 38.9 Å². The Morgan fingerprint density at radius 2 is 2.04 bits per heavy atom. The van der Waals surface area contributed by atoms with Gasteiger partial charge >= 0.3 is 0 Å². The molecule has 3 saturated heterocycles. The van der Waals surface area contributed by atoms with Crippen LogP contribution in [0.25, 0.3) is 0 Å². The zero-order chi connectivity index (χ0) is 17.2. The lowest BCUT2D eigenvalue weighted by molar-refractivity contribution is 0.0736. The Morgan fingerprint density at radius 1 is 1.20 bits per heavy atom. The summed E-state index contributed by atoms with van der Waals surface area (Å²) < 4.78 is 1.98. The third-order valence-corrected chi connectivity index (χ3v) is 5.44. The molecule has 2 aromatic heterocycles. The van der Waals surface area contributed by atoms with Crippen molar-refractivity contribution in [3.63, 3.8) is 0 Å². The van der Waals surface area contributed by atoms with Crippen molar-refractivity contribution in [3.05, 3.63) is 48.0 Å². The van der Waals surface area contributed by atoms with Crippen LogP contribution < -0.4 is 0 Å². The van der Waals surface area contributed by atoms with E-state index >= 15 is 0 Å². The molecule has 6 nitrogen and oxygen atoms in total. The maximum atomic E-state index is 12.8. The molecule has 132 valence electrons. The van der Waals surface area contributed by atoms with Crippen LogP contribution in [0.15, 0.2) is 36.9 Å². The van der Waals surface area contributed by atoms with E-state index in [9.17, 15) is 4.79 Å². The summed E-state index contributed by atoms with van der Waals surface area (Å²) in [5, 5.41) is 4.39. The van der Waals surface area contributed by atoms with Crippen LogP contribution in [-0.4, -0.2) is 56.1 Å². The predicted molar refractivity (Wildman–Crippen MR) is 95.0 cm³/mol. The van der Waals surface area contributed by atoms with Gasteiger partial charge in [0.2, 0.25) is 0 Å². The van der Waals surface area contributed by atoms with Gasteiger partial charge in [0.25, 0.3) is 5.91 Å². The fourth-order valence-electron chi connectivity index (χ4n) is 4.11. The number of nitrogens with zero attached hydrogens (tertiary/aromatic N) is 5. The zero-order valence-electron chi connectivity index (χ0n) is 14.7. The maximum absolute atomic E-state index is 12.8. The number of amides is 1. The molecule has 6 heteroatoms. The van der Waals surface area contributed by atoms with Crippen LogP contribution >= 0.6 is 0 Å². The second kappa shape index (κ2) is 6.96. The van der Waals surface area contributed by atoms with Gasteiger partial charge in [0.05, 0.1) is 6.20 Å². The van der Waals surface area contributed by atoms with E-state index in [0.29, 0.717) is 12.0 Å². The SMILES string of the molecule is CCn1cc(CN2C[C@H]3CC[C@@H]2CN(C(=O)c2ccncc2)C3)cn1.